The molecule has 6 rings (SSSR count). The van der Waals surface area contributed by atoms with Gasteiger partial charge < -0.3 is 18.9 Å². The predicted octanol–water partition coefficient (Wildman–Crippen LogP) is 4.58. The van der Waals surface area contributed by atoms with Gasteiger partial charge in [-0.1, -0.05) is 0 Å². The lowest BCUT2D eigenvalue weighted by molar-refractivity contribution is -0.109. The van der Waals surface area contributed by atoms with Gasteiger partial charge in [0, 0.05) is 74.0 Å². The second kappa shape index (κ2) is 12.8. The molecule has 0 spiro atoms. The second-order valence-electron chi connectivity index (χ2n) is 10.6. The van der Waals surface area contributed by atoms with Crippen molar-refractivity contribution in [1.82, 2.24) is 24.4 Å². The van der Waals surface area contributed by atoms with Gasteiger partial charge in [0.25, 0.3) is 0 Å². The summed E-state index contributed by atoms with van der Waals surface area (Å²) < 4.78 is 32.8. The van der Waals surface area contributed by atoms with Crippen molar-refractivity contribution in [3.63, 3.8) is 0 Å². The Kier molecular flexibility index (Phi) is 9.59. The number of carbonyl (C=O) groups excluding carboxylic acids is 1. The zero-order valence-corrected chi connectivity index (χ0v) is 24.7. The summed E-state index contributed by atoms with van der Waals surface area (Å²) in [5.41, 5.74) is 6.01. The fourth-order valence-corrected chi connectivity index (χ4v) is 5.77. The average molecular weight is 607 g/mol. The molecule has 0 amide bonds. The minimum atomic E-state index is -0.775. The largest absolute Gasteiger partial charge is 0.350 e. The quantitative estimate of drug-likeness (QED) is 0.235. The number of fused-ring (bicyclic) bond motifs is 2. The lowest BCUT2D eigenvalue weighted by atomic mass is 10.1. The van der Waals surface area contributed by atoms with Crippen molar-refractivity contribution in [1.29, 1.82) is 0 Å². The number of halogens is 4. The van der Waals surface area contributed by atoms with E-state index in [1.54, 1.807) is 17.0 Å². The molecule has 4 aromatic rings. The number of hydrogen-bond donors (Lipinski definition) is 1. The first kappa shape index (κ1) is 30.8. The number of unbranched alkanes of at least 4 members (excludes halogenated alkanes) is 1. The molecule has 0 saturated carbocycles. The van der Waals surface area contributed by atoms with E-state index in [-0.39, 0.29) is 36.4 Å². The number of anilines is 1. The van der Waals surface area contributed by atoms with Crippen LogP contribution in [-0.2, 0) is 18.4 Å². The van der Waals surface area contributed by atoms with Gasteiger partial charge in [-0.25, -0.2) is 8.78 Å². The highest BCUT2D eigenvalue weighted by Gasteiger charge is 2.33. The first-order chi connectivity index (χ1) is 18.9. The van der Waals surface area contributed by atoms with E-state index in [0.717, 1.165) is 69.4 Å². The summed E-state index contributed by atoms with van der Waals surface area (Å²) in [6, 6.07) is 9.39. The normalized spacial score (nSPS) is 17.8. The van der Waals surface area contributed by atoms with Crippen LogP contribution in [0.1, 0.15) is 18.4 Å². The Balaban J connectivity index is 0.00000194. The number of aldehydes is 1. The maximum atomic E-state index is 14.5. The van der Waals surface area contributed by atoms with Gasteiger partial charge in [-0.2, -0.15) is 5.10 Å². The Bertz CT molecular complexity index is 1560. The number of carbonyl (C=O) groups is 1. The van der Waals surface area contributed by atoms with Gasteiger partial charge in [-0.05, 0) is 62.8 Å². The molecule has 41 heavy (non-hydrogen) atoms. The van der Waals surface area contributed by atoms with Gasteiger partial charge in [-0.15, -0.1) is 24.8 Å². The monoisotopic (exact) mass is 605 g/mol. The number of hydrazone groups is 1. The van der Waals surface area contributed by atoms with Gasteiger partial charge in [0.15, 0.2) is 18.3 Å². The fraction of sp³-hybridized carbons (Fsp3) is 0.379. The molecule has 1 saturated heterocycles. The van der Waals surface area contributed by atoms with Crippen molar-refractivity contribution in [2.24, 2.45) is 12.1 Å². The molecule has 0 aliphatic carbocycles. The number of aromatic nitrogens is 2. The highest BCUT2D eigenvalue weighted by atomic mass is 35.5. The zero-order chi connectivity index (χ0) is 27.1. The van der Waals surface area contributed by atoms with Crippen molar-refractivity contribution < 1.29 is 13.6 Å². The predicted molar refractivity (Wildman–Crippen MR) is 164 cm³/mol. The van der Waals surface area contributed by atoms with E-state index in [4.69, 9.17) is 0 Å². The van der Waals surface area contributed by atoms with E-state index in [2.05, 4.69) is 31.9 Å². The summed E-state index contributed by atoms with van der Waals surface area (Å²) in [4.78, 5) is 18.8. The minimum Gasteiger partial charge on any atom is -0.350 e. The fourth-order valence-electron chi connectivity index (χ4n) is 5.77. The summed E-state index contributed by atoms with van der Waals surface area (Å²) >= 11 is 0. The standard InChI is InChI=1S/C29H33F2N7O.2ClH/c1-34-11-13-36(14-12-34)9-3-4-10-37-18-27(23-16-21(31)6-8-26(23)37)38-28(19-39)32-33-29(38)24-17-35(2)25-7-5-20(30)15-22(24)25;;/h5-8,15-19,28,32H,3-4,9-14H2,1-2H3;2*1H. The van der Waals surface area contributed by atoms with Gasteiger partial charge in [0.05, 0.1) is 11.2 Å². The molecule has 12 heteroatoms. The number of hydrogen-bond acceptors (Lipinski definition) is 6. The molecule has 4 heterocycles. The van der Waals surface area contributed by atoms with Crippen molar-refractivity contribution in [3.05, 3.63) is 66.0 Å². The van der Waals surface area contributed by atoms with E-state index in [1.165, 1.54) is 24.3 Å². The maximum absolute atomic E-state index is 14.5. The first-order valence-corrected chi connectivity index (χ1v) is 13.4. The molecule has 0 bridgehead atoms. The summed E-state index contributed by atoms with van der Waals surface area (Å²) in [6.07, 6.45) is 5.90. The van der Waals surface area contributed by atoms with Crippen LogP contribution in [0.5, 0.6) is 0 Å². The molecule has 0 radical (unpaired) electrons. The molecule has 220 valence electrons. The molecule has 1 N–H and O–H groups in total. The van der Waals surface area contributed by atoms with Crippen LogP contribution >= 0.6 is 24.8 Å². The van der Waals surface area contributed by atoms with Crippen molar-refractivity contribution >= 4 is 64.4 Å². The number of likely N-dealkylation sites (N-methyl/N-ethyl adjacent to an activating group) is 1. The number of benzene rings is 2. The Labute approximate surface area is 250 Å². The highest BCUT2D eigenvalue weighted by molar-refractivity contribution is 6.21. The third-order valence-corrected chi connectivity index (χ3v) is 7.93. The van der Waals surface area contributed by atoms with Crippen LogP contribution < -0.4 is 10.3 Å². The third kappa shape index (κ3) is 5.92. The lowest BCUT2D eigenvalue weighted by Gasteiger charge is -2.32. The van der Waals surface area contributed by atoms with Crippen LogP contribution in [0.4, 0.5) is 14.5 Å². The summed E-state index contributed by atoms with van der Waals surface area (Å²) in [5.74, 6) is -0.214. The molecular weight excluding hydrogens is 571 g/mol. The summed E-state index contributed by atoms with van der Waals surface area (Å²) in [5, 5.41) is 5.88. The van der Waals surface area contributed by atoms with Crippen LogP contribution in [-0.4, -0.2) is 77.0 Å². The van der Waals surface area contributed by atoms with Gasteiger partial charge >= 0.3 is 0 Å². The Morgan fingerprint density at radius 3 is 2.27 bits per heavy atom. The average Bonchev–Trinajstić information content (AvgIpc) is 3.60. The van der Waals surface area contributed by atoms with Crippen LogP contribution in [0.2, 0.25) is 0 Å². The van der Waals surface area contributed by atoms with E-state index >= 15 is 0 Å². The Morgan fingerprint density at radius 1 is 0.902 bits per heavy atom. The SMILES string of the molecule is CN1CCN(CCCCn2cc(N3C(c4cn(C)c5ccc(F)cc45)=NNC3C=O)c3cc(F)ccc32)CC1.Cl.Cl. The molecule has 1 fully saturated rings. The molecule has 1 atom stereocenters. The maximum Gasteiger partial charge on any atom is 0.177 e. The molecule has 2 aromatic carbocycles. The van der Waals surface area contributed by atoms with E-state index in [0.29, 0.717) is 27.9 Å². The Morgan fingerprint density at radius 2 is 1.56 bits per heavy atom. The number of rotatable bonds is 8. The number of nitrogens with zero attached hydrogens (tertiary/aromatic N) is 6. The smallest absolute Gasteiger partial charge is 0.177 e. The Hall–Kier alpha value is -3.18. The zero-order valence-electron chi connectivity index (χ0n) is 23.1. The van der Waals surface area contributed by atoms with Crippen molar-refractivity contribution in [2.75, 3.05) is 44.7 Å². The van der Waals surface area contributed by atoms with Crippen LogP contribution in [0.25, 0.3) is 21.8 Å². The first-order valence-electron chi connectivity index (χ1n) is 13.4. The second-order valence-corrected chi connectivity index (χ2v) is 10.6. The van der Waals surface area contributed by atoms with Crippen molar-refractivity contribution in [3.8, 4) is 0 Å². The number of nitrogens with one attached hydrogen (secondary N) is 1. The van der Waals surface area contributed by atoms with Crippen molar-refractivity contribution in [2.45, 2.75) is 25.6 Å². The molecular formula is C29H35Cl2F2N7O. The van der Waals surface area contributed by atoms with E-state index < -0.39 is 6.17 Å². The third-order valence-electron chi connectivity index (χ3n) is 7.93. The summed E-state index contributed by atoms with van der Waals surface area (Å²) in [6.45, 7) is 6.24. The van der Waals surface area contributed by atoms with Crippen LogP contribution in [0.15, 0.2) is 53.9 Å². The minimum absolute atomic E-state index is 0. The van der Waals surface area contributed by atoms with Gasteiger partial charge in [0.2, 0.25) is 0 Å². The lowest BCUT2D eigenvalue weighted by Crippen LogP contribution is -2.44. The highest BCUT2D eigenvalue weighted by Crippen LogP contribution is 2.35. The number of aryl methyl sites for hydroxylation is 2. The molecule has 2 aliphatic rings. The van der Waals surface area contributed by atoms with E-state index in [1.807, 2.05) is 24.0 Å². The number of amidine groups is 1. The van der Waals surface area contributed by atoms with Crippen LogP contribution in [0, 0.1) is 11.6 Å². The molecule has 2 aromatic heterocycles. The van der Waals surface area contributed by atoms with Gasteiger partial charge in [-0.3, -0.25) is 15.1 Å². The summed E-state index contributed by atoms with van der Waals surface area (Å²) in [7, 11) is 4.05. The molecule has 1 unspecified atom stereocenters. The molecule has 2 aliphatic heterocycles. The van der Waals surface area contributed by atoms with Crippen LogP contribution in [0.3, 0.4) is 0 Å². The number of piperazine rings is 1. The van der Waals surface area contributed by atoms with E-state index in [9.17, 15) is 13.6 Å². The van der Waals surface area contributed by atoms with Gasteiger partial charge in [0.1, 0.15) is 11.6 Å². The molecule has 8 nitrogen and oxygen atoms in total. The topological polar surface area (TPSA) is 61.0 Å².